The fraction of sp³-hybridized carbons (Fsp3) is 0.375. The summed E-state index contributed by atoms with van der Waals surface area (Å²) in [6, 6.07) is 7.20. The van der Waals surface area contributed by atoms with E-state index in [9.17, 15) is 9.59 Å². The molecule has 4 rings (SSSR count). The lowest BCUT2D eigenvalue weighted by molar-refractivity contribution is 0.0941. The van der Waals surface area contributed by atoms with Gasteiger partial charge in [-0.05, 0) is 25.0 Å². The first-order valence-corrected chi connectivity index (χ1v) is 9.07. The first-order valence-electron chi connectivity index (χ1n) is 8.08. The summed E-state index contributed by atoms with van der Waals surface area (Å²) in [4.78, 5) is 31.3. The highest BCUT2D eigenvalue weighted by Gasteiger charge is 2.19. The van der Waals surface area contributed by atoms with Gasteiger partial charge in [-0.1, -0.05) is 23.9 Å². The molecule has 1 atom stereocenters. The predicted molar refractivity (Wildman–Crippen MR) is 93.7 cm³/mol. The van der Waals surface area contributed by atoms with Gasteiger partial charge in [-0.3, -0.25) is 9.36 Å². The molecule has 0 spiro atoms. The Morgan fingerprint density at radius 3 is 3.04 bits per heavy atom. The number of ether oxygens (including phenoxy) is 1. The van der Waals surface area contributed by atoms with E-state index in [4.69, 9.17) is 4.74 Å². The predicted octanol–water partition coefficient (Wildman–Crippen LogP) is 1.28. The number of benzene rings is 1. The third kappa shape index (κ3) is 3.38. The van der Waals surface area contributed by atoms with Crippen LogP contribution >= 0.6 is 11.8 Å². The quantitative estimate of drug-likeness (QED) is 0.665. The highest BCUT2D eigenvalue weighted by atomic mass is 32.2. The van der Waals surface area contributed by atoms with Crippen molar-refractivity contribution in [1.29, 1.82) is 0 Å². The molecule has 1 aliphatic heterocycles. The minimum atomic E-state index is -0.252. The van der Waals surface area contributed by atoms with Crippen LogP contribution in [-0.4, -0.2) is 37.4 Å². The van der Waals surface area contributed by atoms with Crippen molar-refractivity contribution in [2.75, 3.05) is 6.61 Å². The molecule has 2 N–H and O–H groups in total. The van der Waals surface area contributed by atoms with E-state index in [1.807, 2.05) is 6.07 Å². The van der Waals surface area contributed by atoms with E-state index >= 15 is 0 Å². The molecule has 1 fully saturated rings. The van der Waals surface area contributed by atoms with Crippen LogP contribution in [0, 0.1) is 0 Å². The Kier molecular flexibility index (Phi) is 4.41. The molecule has 25 heavy (non-hydrogen) atoms. The monoisotopic (exact) mass is 359 g/mol. The second kappa shape index (κ2) is 6.85. The van der Waals surface area contributed by atoms with Crippen molar-refractivity contribution in [1.82, 2.24) is 24.7 Å². The summed E-state index contributed by atoms with van der Waals surface area (Å²) in [5, 5.41) is 7.68. The molecule has 130 valence electrons. The summed E-state index contributed by atoms with van der Waals surface area (Å²) in [6.45, 7) is 1.22. The molecule has 1 aromatic carbocycles. The lowest BCUT2D eigenvalue weighted by Crippen LogP contribution is -2.25. The first kappa shape index (κ1) is 16.1. The first-order chi connectivity index (χ1) is 12.2. The molecule has 0 aliphatic carbocycles. The SMILES string of the molecule is O=c1[nH]c(CSc2n[nH]c(=O)n2C[C@H]2CCCO2)nc2ccccc12. The Hall–Kier alpha value is -2.39. The molecule has 1 saturated heterocycles. The van der Waals surface area contributed by atoms with Gasteiger partial charge in [0.2, 0.25) is 0 Å². The van der Waals surface area contributed by atoms with Gasteiger partial charge in [-0.25, -0.2) is 14.9 Å². The molecule has 0 bridgehead atoms. The van der Waals surface area contributed by atoms with Gasteiger partial charge in [-0.15, -0.1) is 5.10 Å². The van der Waals surface area contributed by atoms with Crippen molar-refractivity contribution >= 4 is 22.7 Å². The van der Waals surface area contributed by atoms with Gasteiger partial charge in [-0.2, -0.15) is 0 Å². The number of rotatable bonds is 5. The molecule has 0 unspecified atom stereocenters. The van der Waals surface area contributed by atoms with Crippen LogP contribution in [0.2, 0.25) is 0 Å². The van der Waals surface area contributed by atoms with Crippen molar-refractivity contribution in [3.8, 4) is 0 Å². The van der Waals surface area contributed by atoms with E-state index in [1.54, 1.807) is 22.8 Å². The summed E-state index contributed by atoms with van der Waals surface area (Å²) in [6.07, 6.45) is 2.01. The maximum absolute atomic E-state index is 12.1. The minimum Gasteiger partial charge on any atom is -0.376 e. The molecule has 1 aliphatic rings. The Balaban J connectivity index is 1.53. The second-order valence-electron chi connectivity index (χ2n) is 5.88. The largest absolute Gasteiger partial charge is 0.376 e. The fourth-order valence-electron chi connectivity index (χ4n) is 2.90. The normalized spacial score (nSPS) is 17.4. The fourth-order valence-corrected chi connectivity index (χ4v) is 3.73. The third-order valence-corrected chi connectivity index (χ3v) is 5.12. The number of aromatic amines is 2. The van der Waals surface area contributed by atoms with Crippen LogP contribution < -0.4 is 11.2 Å². The van der Waals surface area contributed by atoms with Crippen molar-refractivity contribution in [3.63, 3.8) is 0 Å². The highest BCUT2D eigenvalue weighted by molar-refractivity contribution is 7.98. The number of hydrogen-bond acceptors (Lipinski definition) is 6. The van der Waals surface area contributed by atoms with E-state index in [2.05, 4.69) is 20.2 Å². The maximum atomic E-state index is 12.1. The van der Waals surface area contributed by atoms with Gasteiger partial charge < -0.3 is 9.72 Å². The number of aromatic nitrogens is 5. The van der Waals surface area contributed by atoms with E-state index in [0.29, 0.717) is 34.2 Å². The lowest BCUT2D eigenvalue weighted by Gasteiger charge is -2.10. The summed E-state index contributed by atoms with van der Waals surface area (Å²) in [5.41, 5.74) is 0.235. The van der Waals surface area contributed by atoms with Crippen molar-refractivity contribution in [2.45, 2.75) is 36.4 Å². The second-order valence-corrected chi connectivity index (χ2v) is 6.82. The van der Waals surface area contributed by atoms with Crippen LogP contribution in [-0.2, 0) is 17.0 Å². The van der Waals surface area contributed by atoms with Gasteiger partial charge in [0, 0.05) is 6.61 Å². The van der Waals surface area contributed by atoms with Crippen LogP contribution in [0.5, 0.6) is 0 Å². The van der Waals surface area contributed by atoms with Gasteiger partial charge >= 0.3 is 5.69 Å². The number of para-hydroxylation sites is 1. The van der Waals surface area contributed by atoms with Gasteiger partial charge in [0.05, 0.1) is 29.3 Å². The summed E-state index contributed by atoms with van der Waals surface area (Å²) < 4.78 is 7.18. The molecule has 0 radical (unpaired) electrons. The van der Waals surface area contributed by atoms with Crippen LogP contribution in [0.25, 0.3) is 10.9 Å². The van der Waals surface area contributed by atoms with Gasteiger partial charge in [0.25, 0.3) is 5.56 Å². The molecule has 2 aromatic heterocycles. The summed E-state index contributed by atoms with van der Waals surface area (Å²) >= 11 is 1.35. The topological polar surface area (TPSA) is 106 Å². The Bertz CT molecular complexity index is 1000. The molecule has 3 aromatic rings. The summed E-state index contributed by atoms with van der Waals surface area (Å²) in [5.74, 6) is 0.961. The van der Waals surface area contributed by atoms with Crippen molar-refractivity contribution in [3.05, 3.63) is 50.9 Å². The Morgan fingerprint density at radius 2 is 2.20 bits per heavy atom. The summed E-state index contributed by atoms with van der Waals surface area (Å²) in [7, 11) is 0. The number of thioether (sulfide) groups is 1. The van der Waals surface area contributed by atoms with Crippen LogP contribution in [0.15, 0.2) is 39.0 Å². The molecule has 3 heterocycles. The molecule has 9 heteroatoms. The van der Waals surface area contributed by atoms with Crippen molar-refractivity contribution < 1.29 is 4.74 Å². The standard InChI is InChI=1S/C16H17N5O3S/c22-14-11-5-1-2-6-12(11)17-13(18-14)9-25-16-20-19-15(23)21(16)8-10-4-3-7-24-10/h1-2,5-6,10H,3-4,7-9H2,(H,19,23)(H,17,18,22)/t10-/m1/s1. The van der Waals surface area contributed by atoms with Gasteiger partial charge in [0.1, 0.15) is 5.82 Å². The minimum absolute atomic E-state index is 0.0493. The van der Waals surface area contributed by atoms with Crippen molar-refractivity contribution in [2.24, 2.45) is 0 Å². The van der Waals surface area contributed by atoms with Crippen LogP contribution in [0.4, 0.5) is 0 Å². The molecule has 8 nitrogen and oxygen atoms in total. The van der Waals surface area contributed by atoms with E-state index in [0.717, 1.165) is 19.4 Å². The molecular weight excluding hydrogens is 342 g/mol. The Morgan fingerprint density at radius 1 is 1.32 bits per heavy atom. The number of fused-ring (bicyclic) bond motifs is 1. The maximum Gasteiger partial charge on any atom is 0.344 e. The smallest absolute Gasteiger partial charge is 0.344 e. The van der Waals surface area contributed by atoms with Gasteiger partial charge in [0.15, 0.2) is 5.16 Å². The highest BCUT2D eigenvalue weighted by Crippen LogP contribution is 2.20. The lowest BCUT2D eigenvalue weighted by atomic mass is 10.2. The zero-order valence-corrected chi connectivity index (χ0v) is 14.2. The molecule has 0 amide bonds. The van der Waals surface area contributed by atoms with E-state index < -0.39 is 0 Å². The zero-order chi connectivity index (χ0) is 17.2. The van der Waals surface area contributed by atoms with E-state index in [1.165, 1.54) is 11.8 Å². The van der Waals surface area contributed by atoms with E-state index in [-0.39, 0.29) is 17.4 Å². The zero-order valence-electron chi connectivity index (χ0n) is 13.4. The number of nitrogens with zero attached hydrogens (tertiary/aromatic N) is 3. The van der Waals surface area contributed by atoms with Crippen LogP contribution in [0.1, 0.15) is 18.7 Å². The number of hydrogen-bond donors (Lipinski definition) is 2. The third-order valence-electron chi connectivity index (χ3n) is 4.13. The Labute approximate surface area is 146 Å². The number of nitrogens with one attached hydrogen (secondary N) is 2. The van der Waals surface area contributed by atoms with Crippen LogP contribution in [0.3, 0.4) is 0 Å². The number of H-pyrrole nitrogens is 2. The molecule has 0 saturated carbocycles. The molecular formula is C16H17N5O3S. The average Bonchev–Trinajstić information content (AvgIpc) is 3.25. The average molecular weight is 359 g/mol.